The molecular formula is C20H38S. The lowest BCUT2D eigenvalue weighted by atomic mass is 9.54. The van der Waals surface area contributed by atoms with Crippen LogP contribution in [0.25, 0.3) is 0 Å². The van der Waals surface area contributed by atoms with Gasteiger partial charge in [0.25, 0.3) is 0 Å². The summed E-state index contributed by atoms with van der Waals surface area (Å²) in [6.07, 6.45) is 10.1. The van der Waals surface area contributed by atoms with Gasteiger partial charge in [0.15, 0.2) is 0 Å². The van der Waals surface area contributed by atoms with Crippen molar-refractivity contribution in [1.82, 2.24) is 0 Å². The van der Waals surface area contributed by atoms with Crippen LogP contribution in [0, 0.1) is 40.9 Å². The van der Waals surface area contributed by atoms with E-state index in [0.717, 1.165) is 41.3 Å². The quantitative estimate of drug-likeness (QED) is 0.566. The van der Waals surface area contributed by atoms with Crippen LogP contribution in [0.1, 0.15) is 79.6 Å². The van der Waals surface area contributed by atoms with Gasteiger partial charge in [0.1, 0.15) is 0 Å². The summed E-state index contributed by atoms with van der Waals surface area (Å²) in [5, 5.41) is 0. The maximum Gasteiger partial charge on any atom is -0.00385 e. The van der Waals surface area contributed by atoms with Crippen molar-refractivity contribution in [2.75, 3.05) is 5.75 Å². The first-order valence-electron chi connectivity index (χ1n) is 9.53. The lowest BCUT2D eigenvalue weighted by molar-refractivity contribution is -0.0136. The number of rotatable bonds is 4. The van der Waals surface area contributed by atoms with Gasteiger partial charge < -0.3 is 0 Å². The van der Waals surface area contributed by atoms with E-state index in [9.17, 15) is 0 Å². The van der Waals surface area contributed by atoms with Gasteiger partial charge in [-0.2, -0.15) is 12.6 Å². The molecule has 124 valence electrons. The molecule has 2 aliphatic rings. The van der Waals surface area contributed by atoms with Gasteiger partial charge in [-0.3, -0.25) is 0 Å². The molecule has 1 heteroatoms. The summed E-state index contributed by atoms with van der Waals surface area (Å²) < 4.78 is 0. The summed E-state index contributed by atoms with van der Waals surface area (Å²) in [5.41, 5.74) is 0.458. The molecular weight excluding hydrogens is 272 g/mol. The van der Waals surface area contributed by atoms with Crippen molar-refractivity contribution < 1.29 is 0 Å². The van der Waals surface area contributed by atoms with Crippen LogP contribution in [0.2, 0.25) is 0 Å². The molecule has 0 nitrogen and oxygen atoms in total. The van der Waals surface area contributed by atoms with Crippen LogP contribution in [0.15, 0.2) is 0 Å². The molecule has 0 heterocycles. The predicted octanol–water partition coefficient (Wildman–Crippen LogP) is 6.46. The average molecular weight is 311 g/mol. The molecule has 2 saturated carbocycles. The summed E-state index contributed by atoms with van der Waals surface area (Å²) in [4.78, 5) is 0. The fourth-order valence-electron chi connectivity index (χ4n) is 5.53. The molecule has 0 N–H and O–H groups in total. The smallest absolute Gasteiger partial charge is 0.00385 e. The average Bonchev–Trinajstić information content (AvgIpc) is 2.42. The molecule has 0 saturated heterocycles. The van der Waals surface area contributed by atoms with Gasteiger partial charge in [-0.1, -0.05) is 47.5 Å². The van der Waals surface area contributed by atoms with Crippen molar-refractivity contribution in [1.29, 1.82) is 0 Å². The molecule has 0 aromatic heterocycles. The highest BCUT2D eigenvalue weighted by molar-refractivity contribution is 7.80. The molecule has 0 aliphatic heterocycles. The Labute approximate surface area is 139 Å². The summed E-state index contributed by atoms with van der Waals surface area (Å²) in [5.74, 6) is 6.68. The summed E-state index contributed by atoms with van der Waals surface area (Å²) >= 11 is 4.82. The highest BCUT2D eigenvalue weighted by Gasteiger charge is 2.46. The molecule has 0 aromatic carbocycles. The summed E-state index contributed by atoms with van der Waals surface area (Å²) in [7, 11) is 0. The molecule has 21 heavy (non-hydrogen) atoms. The van der Waals surface area contributed by atoms with E-state index < -0.39 is 0 Å². The van der Waals surface area contributed by atoms with E-state index >= 15 is 0 Å². The molecule has 2 fully saturated rings. The van der Waals surface area contributed by atoms with Crippen LogP contribution < -0.4 is 0 Å². The number of hydrogen-bond donors (Lipinski definition) is 1. The van der Waals surface area contributed by atoms with Crippen molar-refractivity contribution in [3.05, 3.63) is 0 Å². The zero-order valence-electron chi connectivity index (χ0n) is 15.1. The fourth-order valence-corrected chi connectivity index (χ4v) is 6.08. The minimum Gasteiger partial charge on any atom is -0.179 e. The van der Waals surface area contributed by atoms with Gasteiger partial charge in [-0.25, -0.2) is 0 Å². The third-order valence-corrected chi connectivity index (χ3v) is 8.01. The van der Waals surface area contributed by atoms with Crippen molar-refractivity contribution in [3.8, 4) is 0 Å². The zero-order chi connectivity index (χ0) is 15.6. The second-order valence-electron chi connectivity index (χ2n) is 8.85. The van der Waals surface area contributed by atoms with E-state index in [1.807, 2.05) is 0 Å². The standard InChI is InChI=1S/C20H38S/c1-6-7-17-8-9-19(18-10-14(2)11-18)20(5,13-21)16(4)12-15(17)3/h14-19,21H,6-13H2,1-5H3. The van der Waals surface area contributed by atoms with E-state index in [-0.39, 0.29) is 0 Å². The first-order chi connectivity index (χ1) is 9.92. The molecule has 0 amide bonds. The normalized spacial score (nSPS) is 48.3. The third kappa shape index (κ3) is 3.65. The zero-order valence-corrected chi connectivity index (χ0v) is 16.0. The molecule has 0 spiro atoms. The lowest BCUT2D eigenvalue weighted by Gasteiger charge is -2.52. The van der Waals surface area contributed by atoms with Crippen LogP contribution in [0.5, 0.6) is 0 Å². The van der Waals surface area contributed by atoms with E-state index in [2.05, 4.69) is 34.6 Å². The second-order valence-corrected chi connectivity index (χ2v) is 9.16. The van der Waals surface area contributed by atoms with Crippen molar-refractivity contribution in [2.45, 2.75) is 79.6 Å². The Balaban J connectivity index is 2.15. The molecule has 5 unspecified atom stereocenters. The monoisotopic (exact) mass is 310 g/mol. The first kappa shape index (κ1) is 17.7. The molecule has 2 rings (SSSR count). The highest BCUT2D eigenvalue weighted by atomic mass is 32.1. The van der Waals surface area contributed by atoms with E-state index in [1.165, 1.54) is 44.9 Å². The summed E-state index contributed by atoms with van der Waals surface area (Å²) in [6.45, 7) is 12.4. The lowest BCUT2D eigenvalue weighted by Crippen LogP contribution is -2.46. The second kappa shape index (κ2) is 7.28. The largest absolute Gasteiger partial charge is 0.179 e. The SMILES string of the molecule is CCCC1CCC(C2CC(C)C2)C(C)(CS)C(C)CC1C. The topological polar surface area (TPSA) is 0 Å². The van der Waals surface area contributed by atoms with Gasteiger partial charge in [0, 0.05) is 0 Å². The number of hydrogen-bond acceptors (Lipinski definition) is 1. The minimum atomic E-state index is 0.458. The fraction of sp³-hybridized carbons (Fsp3) is 1.00. The molecule has 0 aromatic rings. The van der Waals surface area contributed by atoms with Gasteiger partial charge in [-0.15, -0.1) is 0 Å². The third-order valence-electron chi connectivity index (χ3n) is 7.33. The molecule has 2 aliphatic carbocycles. The number of thiol groups is 1. The molecule has 0 bridgehead atoms. The van der Waals surface area contributed by atoms with Gasteiger partial charge in [0.05, 0.1) is 0 Å². The Kier molecular flexibility index (Phi) is 6.14. The van der Waals surface area contributed by atoms with Gasteiger partial charge in [0.2, 0.25) is 0 Å². The Morgan fingerprint density at radius 3 is 2.24 bits per heavy atom. The van der Waals surface area contributed by atoms with E-state index in [0.29, 0.717) is 5.41 Å². The van der Waals surface area contributed by atoms with Crippen molar-refractivity contribution >= 4 is 12.6 Å². The first-order valence-corrected chi connectivity index (χ1v) is 10.2. The highest BCUT2D eigenvalue weighted by Crippen LogP contribution is 2.54. The van der Waals surface area contributed by atoms with Crippen LogP contribution >= 0.6 is 12.6 Å². The van der Waals surface area contributed by atoms with Crippen molar-refractivity contribution in [2.24, 2.45) is 40.9 Å². The maximum atomic E-state index is 4.82. The van der Waals surface area contributed by atoms with Gasteiger partial charge >= 0.3 is 0 Å². The summed E-state index contributed by atoms with van der Waals surface area (Å²) in [6, 6.07) is 0. The van der Waals surface area contributed by atoms with Crippen LogP contribution in [-0.2, 0) is 0 Å². The Hall–Kier alpha value is 0.350. The minimum absolute atomic E-state index is 0.458. The van der Waals surface area contributed by atoms with Crippen LogP contribution in [0.4, 0.5) is 0 Å². The molecule has 0 radical (unpaired) electrons. The van der Waals surface area contributed by atoms with Crippen LogP contribution in [0.3, 0.4) is 0 Å². The Morgan fingerprint density at radius 1 is 1.05 bits per heavy atom. The van der Waals surface area contributed by atoms with Crippen LogP contribution in [-0.4, -0.2) is 5.75 Å². The van der Waals surface area contributed by atoms with Gasteiger partial charge in [-0.05, 0) is 78.8 Å². The Bertz CT molecular complexity index is 320. The maximum absolute atomic E-state index is 4.82. The Morgan fingerprint density at radius 2 is 1.71 bits per heavy atom. The van der Waals surface area contributed by atoms with Crippen molar-refractivity contribution in [3.63, 3.8) is 0 Å². The predicted molar refractivity (Wildman–Crippen MR) is 97.9 cm³/mol. The molecule has 5 atom stereocenters. The van der Waals surface area contributed by atoms with E-state index in [1.54, 1.807) is 0 Å². The van der Waals surface area contributed by atoms with E-state index in [4.69, 9.17) is 12.6 Å².